The number of hydrogen-bond donors (Lipinski definition) is 12. The number of aromatic hydroxyl groups is 2. The lowest BCUT2D eigenvalue weighted by atomic mass is 9.98. The maximum Gasteiger partial charge on any atom is 0.239 e. The molecular formula is C38H48O23. The van der Waals surface area contributed by atoms with Crippen LogP contribution in [0.25, 0.3) is 22.3 Å². The molecule has 0 aliphatic carbocycles. The summed E-state index contributed by atoms with van der Waals surface area (Å²) < 4.78 is 56.2. The molecule has 12 N–H and O–H groups in total. The molecule has 23 nitrogen and oxygen atoms in total. The summed E-state index contributed by atoms with van der Waals surface area (Å²) in [4.78, 5) is 14.0. The summed E-state index contributed by atoms with van der Waals surface area (Å²) in [6.45, 7) is -2.01. The first-order valence-corrected chi connectivity index (χ1v) is 19.0. The second kappa shape index (κ2) is 17.7. The summed E-state index contributed by atoms with van der Waals surface area (Å²) in [7, 11) is 1.33. The van der Waals surface area contributed by atoms with Crippen molar-refractivity contribution in [3.8, 4) is 34.3 Å². The number of aliphatic hydroxyl groups is 10. The SMILES string of the molecule is COc1cc(O)c2c(=O)c(OC3OC(COC4OC(C)C(O)C(O)C4OC4OCC(O)(COC5OCC(O)(CO)C5O)C4O)C(O)C(O)C3O)c(-c3ccc(O)cc3)oc2c1. The van der Waals surface area contributed by atoms with Crippen LogP contribution in [0.3, 0.4) is 0 Å². The van der Waals surface area contributed by atoms with Crippen molar-refractivity contribution in [3.05, 3.63) is 46.6 Å². The maximum absolute atomic E-state index is 14.0. The summed E-state index contributed by atoms with van der Waals surface area (Å²) in [5.74, 6) is -1.39. The Bertz CT molecular complexity index is 2050. The monoisotopic (exact) mass is 872 g/mol. The molecule has 4 aliphatic heterocycles. The molecule has 7 rings (SSSR count). The fourth-order valence-electron chi connectivity index (χ4n) is 7.24. The van der Waals surface area contributed by atoms with Crippen LogP contribution in [0.4, 0.5) is 0 Å². The highest BCUT2D eigenvalue weighted by atomic mass is 16.8. The molecule has 0 amide bonds. The van der Waals surface area contributed by atoms with Crippen molar-refractivity contribution in [1.29, 1.82) is 0 Å². The normalized spacial score (nSPS) is 39.1. The molecule has 338 valence electrons. The van der Waals surface area contributed by atoms with Crippen LogP contribution in [0.2, 0.25) is 0 Å². The Morgan fingerprint density at radius 3 is 2.11 bits per heavy atom. The van der Waals surface area contributed by atoms with Crippen molar-refractivity contribution in [2.24, 2.45) is 0 Å². The lowest BCUT2D eigenvalue weighted by molar-refractivity contribution is -0.342. The van der Waals surface area contributed by atoms with Gasteiger partial charge in [-0.3, -0.25) is 4.79 Å². The quantitative estimate of drug-likeness (QED) is 0.0775. The lowest BCUT2D eigenvalue weighted by Crippen LogP contribution is -2.62. The summed E-state index contributed by atoms with van der Waals surface area (Å²) in [5.41, 5.74) is -5.11. The van der Waals surface area contributed by atoms with E-state index in [-0.39, 0.29) is 33.8 Å². The number of phenols is 2. The highest BCUT2D eigenvalue weighted by molar-refractivity contribution is 5.88. The Hall–Kier alpha value is -3.83. The third kappa shape index (κ3) is 8.63. The van der Waals surface area contributed by atoms with Gasteiger partial charge >= 0.3 is 0 Å². The van der Waals surface area contributed by atoms with Crippen LogP contribution in [-0.4, -0.2) is 199 Å². The van der Waals surface area contributed by atoms with Gasteiger partial charge in [0.05, 0.1) is 46.2 Å². The lowest BCUT2D eigenvalue weighted by Gasteiger charge is -2.44. The molecule has 3 aromatic rings. The smallest absolute Gasteiger partial charge is 0.239 e. The van der Waals surface area contributed by atoms with Crippen molar-refractivity contribution in [1.82, 2.24) is 0 Å². The van der Waals surface area contributed by atoms with E-state index in [0.29, 0.717) is 0 Å². The van der Waals surface area contributed by atoms with E-state index in [1.54, 1.807) is 0 Å². The minimum Gasteiger partial charge on any atom is -0.508 e. The predicted molar refractivity (Wildman–Crippen MR) is 197 cm³/mol. The van der Waals surface area contributed by atoms with E-state index in [2.05, 4.69) is 0 Å². The molecular weight excluding hydrogens is 824 g/mol. The van der Waals surface area contributed by atoms with E-state index >= 15 is 0 Å². The van der Waals surface area contributed by atoms with E-state index in [9.17, 15) is 66.1 Å². The van der Waals surface area contributed by atoms with Gasteiger partial charge in [0, 0.05) is 17.7 Å². The molecule has 1 aromatic heterocycles. The van der Waals surface area contributed by atoms with E-state index in [1.165, 1.54) is 44.4 Å². The maximum atomic E-state index is 14.0. The highest BCUT2D eigenvalue weighted by Gasteiger charge is 2.55. The van der Waals surface area contributed by atoms with Gasteiger partial charge in [0.25, 0.3) is 0 Å². The van der Waals surface area contributed by atoms with E-state index < -0.39 is 147 Å². The number of rotatable bonds is 13. The van der Waals surface area contributed by atoms with Gasteiger partial charge in [-0.15, -0.1) is 0 Å². The van der Waals surface area contributed by atoms with Crippen molar-refractivity contribution in [2.75, 3.05) is 40.1 Å². The van der Waals surface area contributed by atoms with Crippen LogP contribution in [0.5, 0.6) is 23.0 Å². The van der Waals surface area contributed by atoms with Gasteiger partial charge in [0.1, 0.15) is 94.4 Å². The largest absolute Gasteiger partial charge is 0.508 e. The first-order chi connectivity index (χ1) is 28.9. The van der Waals surface area contributed by atoms with Crippen LogP contribution in [0.15, 0.2) is 45.6 Å². The number of hydrogen-bond acceptors (Lipinski definition) is 23. The molecule has 4 fully saturated rings. The van der Waals surface area contributed by atoms with Crippen LogP contribution >= 0.6 is 0 Å². The average Bonchev–Trinajstić information content (AvgIpc) is 3.69. The fourth-order valence-corrected chi connectivity index (χ4v) is 7.24. The topological polar surface area (TPSA) is 356 Å². The van der Waals surface area contributed by atoms with Gasteiger partial charge in [-0.1, -0.05) is 0 Å². The third-order valence-corrected chi connectivity index (χ3v) is 11.1. The second-order valence-corrected chi connectivity index (χ2v) is 15.3. The number of fused-ring (bicyclic) bond motifs is 1. The van der Waals surface area contributed by atoms with Gasteiger partial charge in [-0.05, 0) is 31.2 Å². The molecule has 0 radical (unpaired) electrons. The molecule has 4 aliphatic rings. The molecule has 0 saturated carbocycles. The van der Waals surface area contributed by atoms with Crippen LogP contribution in [0, 0.1) is 0 Å². The molecule has 23 heteroatoms. The number of aliphatic hydroxyl groups excluding tert-OH is 8. The first-order valence-electron chi connectivity index (χ1n) is 19.0. The molecule has 5 heterocycles. The van der Waals surface area contributed by atoms with Gasteiger partial charge < -0.3 is 108 Å². The highest BCUT2D eigenvalue weighted by Crippen LogP contribution is 2.39. The van der Waals surface area contributed by atoms with Gasteiger partial charge in [0.2, 0.25) is 17.5 Å². The van der Waals surface area contributed by atoms with Crippen molar-refractivity contribution in [2.45, 2.75) is 104 Å². The number of ether oxygens (including phenoxy) is 9. The van der Waals surface area contributed by atoms with Crippen molar-refractivity contribution in [3.63, 3.8) is 0 Å². The molecule has 16 unspecified atom stereocenters. The number of benzene rings is 2. The Kier molecular flexibility index (Phi) is 13.1. The first kappa shape index (κ1) is 45.2. The Labute approximate surface area is 344 Å². The van der Waals surface area contributed by atoms with Crippen LogP contribution in [0.1, 0.15) is 6.92 Å². The zero-order chi connectivity index (χ0) is 44.1. The summed E-state index contributed by atoms with van der Waals surface area (Å²) in [6, 6.07) is 7.83. The summed E-state index contributed by atoms with van der Waals surface area (Å²) in [5, 5.41) is 127. The van der Waals surface area contributed by atoms with Gasteiger partial charge in [0.15, 0.2) is 24.6 Å². The van der Waals surface area contributed by atoms with Gasteiger partial charge in [-0.2, -0.15) is 0 Å². The molecule has 4 saturated heterocycles. The molecule has 0 bridgehead atoms. The standard InChI is InChI=1S/C38H48O23/c1-14-22(42)26(46)30(61-36-32(49)38(51,13-56-36)12-55-35-31(48)37(50,10-39)11-54-35)34(57-14)53-9-20-23(43)25(45)27(47)33(59-20)60-29-24(44)21-18(41)7-17(52-2)8-19(21)58-28(29)15-3-5-16(40)6-4-15/h3-8,14,20,22-23,25-27,30-36,39-43,45-51H,9-13H2,1-2H3. The number of methoxy groups -OCH3 is 1. The fraction of sp³-hybridized carbons (Fsp3) is 0.605. The molecule has 61 heavy (non-hydrogen) atoms. The van der Waals surface area contributed by atoms with Crippen LogP contribution in [-0.2, 0) is 33.2 Å². The molecule has 0 spiro atoms. The Morgan fingerprint density at radius 2 is 1.44 bits per heavy atom. The number of phenolic OH excluding ortho intramolecular Hbond substituents is 2. The van der Waals surface area contributed by atoms with Crippen molar-refractivity contribution < 1.29 is 108 Å². The Balaban J connectivity index is 1.08. The third-order valence-electron chi connectivity index (χ3n) is 11.1. The van der Waals surface area contributed by atoms with Crippen molar-refractivity contribution >= 4 is 11.0 Å². The average molecular weight is 873 g/mol. The van der Waals surface area contributed by atoms with E-state index in [1.807, 2.05) is 0 Å². The summed E-state index contributed by atoms with van der Waals surface area (Å²) in [6.07, 6.45) is -24.0. The predicted octanol–water partition coefficient (Wildman–Crippen LogP) is -4.16. The molecule has 16 atom stereocenters. The van der Waals surface area contributed by atoms with Gasteiger partial charge in [-0.25, -0.2) is 0 Å². The summed E-state index contributed by atoms with van der Waals surface area (Å²) >= 11 is 0. The second-order valence-electron chi connectivity index (χ2n) is 15.3. The zero-order valence-corrected chi connectivity index (χ0v) is 32.4. The minimum atomic E-state index is -2.21. The van der Waals surface area contributed by atoms with E-state index in [4.69, 9.17) is 47.0 Å². The Morgan fingerprint density at radius 1 is 0.770 bits per heavy atom. The van der Waals surface area contributed by atoms with Crippen LogP contribution < -0.4 is 14.9 Å². The molecule has 2 aromatic carbocycles. The zero-order valence-electron chi connectivity index (χ0n) is 32.4. The van der Waals surface area contributed by atoms with E-state index in [0.717, 1.165) is 6.07 Å². The minimum absolute atomic E-state index is 0.125.